The number of nitrogens with one attached hydrogen (secondary N) is 1. The first-order valence-electron chi connectivity index (χ1n) is 10.4. The van der Waals surface area contributed by atoms with E-state index < -0.39 is 0 Å². The van der Waals surface area contributed by atoms with Crippen molar-refractivity contribution in [2.45, 2.75) is 44.6 Å². The lowest BCUT2D eigenvalue weighted by Gasteiger charge is -2.36. The molecule has 2 amide bonds. The quantitative estimate of drug-likeness (QED) is 0.655. The maximum atomic E-state index is 12.8. The summed E-state index contributed by atoms with van der Waals surface area (Å²) in [6.07, 6.45) is 5.35. The molecular weight excluding hydrogens is 400 g/mol. The standard InChI is InChI=1S/C23H30N2O4S/c1-28-19-11-9-17(16-20(19)29-2)8-10-18-6-3-4-14-25(18)22(26)12-13-24-23(27)21-7-5-15-30-21/h5,7,9,11,15-16,18H,3-4,6,8,10,12-14H2,1-2H3,(H,24,27)/t18-/m0/s1. The van der Waals surface area contributed by atoms with E-state index in [1.165, 1.54) is 16.9 Å². The molecule has 1 aliphatic heterocycles. The Hall–Kier alpha value is -2.54. The van der Waals surface area contributed by atoms with Gasteiger partial charge < -0.3 is 19.7 Å². The van der Waals surface area contributed by atoms with Crippen molar-refractivity contribution in [2.75, 3.05) is 27.3 Å². The van der Waals surface area contributed by atoms with E-state index in [2.05, 4.69) is 11.4 Å². The Kier molecular flexibility index (Phi) is 8.13. The second-order valence-electron chi connectivity index (χ2n) is 7.45. The predicted octanol–water partition coefficient (Wildman–Crippen LogP) is 3.90. The number of rotatable bonds is 9. The third-order valence-electron chi connectivity index (χ3n) is 5.53. The lowest BCUT2D eigenvalue weighted by atomic mass is 9.95. The van der Waals surface area contributed by atoms with Gasteiger partial charge in [0.05, 0.1) is 19.1 Å². The van der Waals surface area contributed by atoms with Crippen LogP contribution in [-0.4, -0.2) is 50.1 Å². The van der Waals surface area contributed by atoms with Crippen molar-refractivity contribution in [3.63, 3.8) is 0 Å². The molecule has 7 heteroatoms. The second kappa shape index (κ2) is 11.0. The highest BCUT2D eigenvalue weighted by molar-refractivity contribution is 7.12. The van der Waals surface area contributed by atoms with E-state index in [1.807, 2.05) is 28.5 Å². The maximum Gasteiger partial charge on any atom is 0.261 e. The number of hydrogen-bond donors (Lipinski definition) is 1. The molecule has 162 valence electrons. The van der Waals surface area contributed by atoms with Crippen LogP contribution >= 0.6 is 11.3 Å². The lowest BCUT2D eigenvalue weighted by Crippen LogP contribution is -2.45. The van der Waals surface area contributed by atoms with Crippen LogP contribution in [0.5, 0.6) is 11.5 Å². The van der Waals surface area contributed by atoms with Gasteiger partial charge in [-0.2, -0.15) is 0 Å². The maximum absolute atomic E-state index is 12.8. The van der Waals surface area contributed by atoms with Crippen LogP contribution in [0.2, 0.25) is 0 Å². The molecule has 0 bridgehead atoms. The number of thiophene rings is 1. The Balaban J connectivity index is 1.51. The Morgan fingerprint density at radius 1 is 1.17 bits per heavy atom. The number of carbonyl (C=O) groups is 2. The molecule has 1 fully saturated rings. The van der Waals surface area contributed by atoms with Gasteiger partial charge in [0.2, 0.25) is 5.91 Å². The van der Waals surface area contributed by atoms with Crippen molar-refractivity contribution in [1.29, 1.82) is 0 Å². The largest absolute Gasteiger partial charge is 0.493 e. The SMILES string of the molecule is COc1ccc(CC[C@@H]2CCCCN2C(=O)CCNC(=O)c2cccs2)cc1OC. The molecule has 2 heterocycles. The zero-order valence-corrected chi connectivity index (χ0v) is 18.5. The highest BCUT2D eigenvalue weighted by atomic mass is 32.1. The molecule has 1 saturated heterocycles. The fraction of sp³-hybridized carbons (Fsp3) is 0.478. The van der Waals surface area contributed by atoms with Gasteiger partial charge in [-0.05, 0) is 61.2 Å². The number of hydrogen-bond acceptors (Lipinski definition) is 5. The smallest absolute Gasteiger partial charge is 0.261 e. The molecule has 0 aliphatic carbocycles. The molecule has 6 nitrogen and oxygen atoms in total. The molecule has 1 aromatic heterocycles. The Bertz CT molecular complexity index is 838. The highest BCUT2D eigenvalue weighted by Crippen LogP contribution is 2.29. The van der Waals surface area contributed by atoms with Gasteiger partial charge in [-0.25, -0.2) is 0 Å². The minimum absolute atomic E-state index is 0.110. The summed E-state index contributed by atoms with van der Waals surface area (Å²) >= 11 is 1.40. The molecule has 30 heavy (non-hydrogen) atoms. The van der Waals surface area contributed by atoms with Gasteiger partial charge in [-0.3, -0.25) is 9.59 Å². The first kappa shape index (κ1) is 22.2. The van der Waals surface area contributed by atoms with E-state index in [0.29, 0.717) is 17.8 Å². The van der Waals surface area contributed by atoms with Crippen LogP contribution in [0.25, 0.3) is 0 Å². The van der Waals surface area contributed by atoms with Crippen molar-refractivity contribution in [3.05, 3.63) is 46.2 Å². The average molecular weight is 431 g/mol. The highest BCUT2D eigenvalue weighted by Gasteiger charge is 2.26. The molecule has 1 N–H and O–H groups in total. The summed E-state index contributed by atoms with van der Waals surface area (Å²) in [5, 5.41) is 4.72. The number of carbonyl (C=O) groups excluding carboxylic acids is 2. The van der Waals surface area contributed by atoms with E-state index >= 15 is 0 Å². The number of amides is 2. The number of likely N-dealkylation sites (tertiary alicyclic amines) is 1. The average Bonchev–Trinajstić information content (AvgIpc) is 3.32. The monoisotopic (exact) mass is 430 g/mol. The minimum atomic E-state index is -0.110. The van der Waals surface area contributed by atoms with Gasteiger partial charge in [-0.15, -0.1) is 11.3 Å². The molecule has 2 aromatic rings. The zero-order chi connectivity index (χ0) is 21.3. The third kappa shape index (κ3) is 5.75. The first-order chi connectivity index (χ1) is 14.6. The number of piperidine rings is 1. The van der Waals surface area contributed by atoms with Gasteiger partial charge in [0.15, 0.2) is 11.5 Å². The molecular formula is C23H30N2O4S. The molecule has 0 radical (unpaired) electrons. The van der Waals surface area contributed by atoms with Gasteiger partial charge in [0.1, 0.15) is 0 Å². The Labute approximate surface area is 182 Å². The van der Waals surface area contributed by atoms with Crippen LogP contribution in [0.1, 0.15) is 47.3 Å². The Morgan fingerprint density at radius 2 is 2.00 bits per heavy atom. The summed E-state index contributed by atoms with van der Waals surface area (Å²) in [5.41, 5.74) is 1.17. The number of methoxy groups -OCH3 is 2. The van der Waals surface area contributed by atoms with E-state index in [-0.39, 0.29) is 17.9 Å². The van der Waals surface area contributed by atoms with Gasteiger partial charge >= 0.3 is 0 Å². The number of aryl methyl sites for hydroxylation is 1. The lowest BCUT2D eigenvalue weighted by molar-refractivity contribution is -0.134. The van der Waals surface area contributed by atoms with Crippen LogP contribution in [0.3, 0.4) is 0 Å². The summed E-state index contributed by atoms with van der Waals surface area (Å²) in [5.74, 6) is 1.47. The normalized spacial score (nSPS) is 16.2. The molecule has 3 rings (SSSR count). The summed E-state index contributed by atoms with van der Waals surface area (Å²) in [6, 6.07) is 9.86. The van der Waals surface area contributed by atoms with Gasteiger partial charge in [0.25, 0.3) is 5.91 Å². The summed E-state index contributed by atoms with van der Waals surface area (Å²) in [4.78, 5) is 27.5. The topological polar surface area (TPSA) is 67.9 Å². The molecule has 1 aliphatic rings. The summed E-state index contributed by atoms with van der Waals surface area (Å²) in [6.45, 7) is 1.17. The van der Waals surface area contributed by atoms with E-state index in [4.69, 9.17) is 9.47 Å². The fourth-order valence-electron chi connectivity index (χ4n) is 3.92. The number of benzene rings is 1. The van der Waals surface area contributed by atoms with Gasteiger partial charge in [-0.1, -0.05) is 12.1 Å². The molecule has 0 unspecified atom stereocenters. The van der Waals surface area contributed by atoms with Crippen molar-refractivity contribution < 1.29 is 19.1 Å². The summed E-state index contributed by atoms with van der Waals surface area (Å²) < 4.78 is 10.7. The Morgan fingerprint density at radius 3 is 2.73 bits per heavy atom. The van der Waals surface area contributed by atoms with E-state index in [1.54, 1.807) is 20.3 Å². The van der Waals surface area contributed by atoms with Crippen LogP contribution in [0.15, 0.2) is 35.7 Å². The predicted molar refractivity (Wildman–Crippen MR) is 118 cm³/mol. The van der Waals surface area contributed by atoms with Crippen LogP contribution < -0.4 is 14.8 Å². The van der Waals surface area contributed by atoms with E-state index in [9.17, 15) is 9.59 Å². The molecule has 0 spiro atoms. The van der Waals surface area contributed by atoms with Gasteiger partial charge in [0, 0.05) is 25.6 Å². The number of ether oxygens (including phenoxy) is 2. The minimum Gasteiger partial charge on any atom is -0.493 e. The van der Waals surface area contributed by atoms with Crippen molar-refractivity contribution in [2.24, 2.45) is 0 Å². The molecule has 1 atom stereocenters. The van der Waals surface area contributed by atoms with Crippen molar-refractivity contribution in [1.82, 2.24) is 10.2 Å². The van der Waals surface area contributed by atoms with Crippen LogP contribution in [0.4, 0.5) is 0 Å². The van der Waals surface area contributed by atoms with Crippen molar-refractivity contribution >= 4 is 23.2 Å². The summed E-state index contributed by atoms with van der Waals surface area (Å²) in [7, 11) is 3.27. The third-order valence-corrected chi connectivity index (χ3v) is 6.40. The van der Waals surface area contributed by atoms with Crippen molar-refractivity contribution in [3.8, 4) is 11.5 Å². The zero-order valence-electron chi connectivity index (χ0n) is 17.7. The first-order valence-corrected chi connectivity index (χ1v) is 11.3. The molecule has 1 aromatic carbocycles. The molecule has 0 saturated carbocycles. The van der Waals surface area contributed by atoms with Crippen LogP contribution in [0, 0.1) is 0 Å². The second-order valence-corrected chi connectivity index (χ2v) is 8.40. The number of nitrogens with zero attached hydrogens (tertiary/aromatic N) is 1. The van der Waals surface area contributed by atoms with Crippen LogP contribution in [-0.2, 0) is 11.2 Å². The van der Waals surface area contributed by atoms with E-state index in [0.717, 1.165) is 50.1 Å². The fourth-order valence-corrected chi connectivity index (χ4v) is 4.56.